The lowest BCUT2D eigenvalue weighted by Crippen LogP contribution is -2.14. The number of thioether (sulfide) groups is 1. The van der Waals surface area contributed by atoms with E-state index in [2.05, 4.69) is 4.98 Å². The summed E-state index contributed by atoms with van der Waals surface area (Å²) < 4.78 is 0. The predicted molar refractivity (Wildman–Crippen MR) is 65.5 cm³/mol. The zero-order chi connectivity index (χ0) is 12.1. The van der Waals surface area contributed by atoms with Crippen LogP contribution in [0.1, 0.15) is 10.4 Å². The minimum Gasteiger partial charge on any atom is -0.478 e. The summed E-state index contributed by atoms with van der Waals surface area (Å²) in [5, 5.41) is 9.67. The average Bonchev–Trinajstić information content (AvgIpc) is 2.19. The zero-order valence-electron chi connectivity index (χ0n) is 9.11. The van der Waals surface area contributed by atoms with Crippen LogP contribution in [0.5, 0.6) is 0 Å². The van der Waals surface area contributed by atoms with Crippen LogP contribution in [-0.2, 0) is 0 Å². The molecule has 0 bridgehead atoms. The van der Waals surface area contributed by atoms with Gasteiger partial charge in [0.1, 0.15) is 5.03 Å². The van der Waals surface area contributed by atoms with Gasteiger partial charge in [0.2, 0.25) is 0 Å². The number of carbonyl (C=O) groups is 1. The maximum Gasteiger partial charge on any atom is 0.337 e. The molecule has 0 saturated heterocycles. The number of aromatic carboxylic acids is 1. The molecule has 0 amide bonds. The fraction of sp³-hybridized carbons (Fsp3) is 0.400. The Morgan fingerprint density at radius 3 is 2.88 bits per heavy atom. The minimum atomic E-state index is -1.03. The third-order valence-electron chi connectivity index (χ3n) is 1.86. The van der Waals surface area contributed by atoms with Crippen molar-refractivity contribution < 1.29 is 9.90 Å². The van der Waals surface area contributed by atoms with Crippen molar-refractivity contribution in [1.82, 2.24) is 9.88 Å². The lowest BCUT2D eigenvalue weighted by Gasteiger charge is -2.09. The number of rotatable bonds is 5. The SMILES string of the molecule is CN(C)CCSc1nccc(C(=O)O)c1Cl. The second kappa shape index (κ2) is 6.08. The van der Waals surface area contributed by atoms with Crippen molar-refractivity contribution in [2.45, 2.75) is 5.03 Å². The average molecular weight is 261 g/mol. The Hall–Kier alpha value is -0.780. The van der Waals surface area contributed by atoms with Gasteiger partial charge < -0.3 is 10.0 Å². The number of carboxylic acid groups (broad SMARTS) is 1. The Balaban J connectivity index is 2.73. The van der Waals surface area contributed by atoms with Gasteiger partial charge in [-0.05, 0) is 20.2 Å². The van der Waals surface area contributed by atoms with E-state index in [-0.39, 0.29) is 10.6 Å². The first-order valence-electron chi connectivity index (χ1n) is 4.67. The van der Waals surface area contributed by atoms with Crippen molar-refractivity contribution in [3.05, 3.63) is 22.8 Å². The van der Waals surface area contributed by atoms with Crippen LogP contribution in [0.15, 0.2) is 17.3 Å². The van der Waals surface area contributed by atoms with E-state index >= 15 is 0 Å². The summed E-state index contributed by atoms with van der Waals surface area (Å²) >= 11 is 7.40. The summed E-state index contributed by atoms with van der Waals surface area (Å²) in [6.07, 6.45) is 1.47. The molecule has 88 valence electrons. The summed E-state index contributed by atoms with van der Waals surface area (Å²) in [5.74, 6) is -0.204. The Labute approximate surface area is 104 Å². The van der Waals surface area contributed by atoms with Gasteiger partial charge in [-0.15, -0.1) is 11.8 Å². The van der Waals surface area contributed by atoms with E-state index in [1.54, 1.807) is 0 Å². The van der Waals surface area contributed by atoms with Crippen molar-refractivity contribution in [1.29, 1.82) is 0 Å². The third kappa shape index (κ3) is 3.66. The van der Waals surface area contributed by atoms with E-state index in [1.165, 1.54) is 24.0 Å². The second-order valence-corrected chi connectivity index (χ2v) is 4.90. The number of hydrogen-bond acceptors (Lipinski definition) is 4. The molecule has 0 aliphatic rings. The number of hydrogen-bond donors (Lipinski definition) is 1. The van der Waals surface area contributed by atoms with Crippen molar-refractivity contribution in [3.8, 4) is 0 Å². The van der Waals surface area contributed by atoms with E-state index in [4.69, 9.17) is 16.7 Å². The molecule has 0 radical (unpaired) electrons. The van der Waals surface area contributed by atoms with Crippen LogP contribution < -0.4 is 0 Å². The zero-order valence-corrected chi connectivity index (χ0v) is 10.7. The largest absolute Gasteiger partial charge is 0.478 e. The van der Waals surface area contributed by atoms with E-state index in [1.807, 2.05) is 19.0 Å². The second-order valence-electron chi connectivity index (χ2n) is 3.43. The number of pyridine rings is 1. The Kier molecular flexibility index (Phi) is 5.05. The molecule has 0 fully saturated rings. The molecule has 4 nitrogen and oxygen atoms in total. The van der Waals surface area contributed by atoms with Gasteiger partial charge in [0.05, 0.1) is 10.6 Å². The first-order chi connectivity index (χ1) is 7.52. The smallest absolute Gasteiger partial charge is 0.337 e. The molecule has 0 spiro atoms. The van der Waals surface area contributed by atoms with Gasteiger partial charge in [-0.3, -0.25) is 0 Å². The first-order valence-corrected chi connectivity index (χ1v) is 6.04. The highest BCUT2D eigenvalue weighted by Crippen LogP contribution is 2.27. The third-order valence-corrected chi connectivity index (χ3v) is 3.33. The Morgan fingerprint density at radius 2 is 2.31 bits per heavy atom. The van der Waals surface area contributed by atoms with E-state index in [0.717, 1.165) is 12.3 Å². The molecule has 1 N–H and O–H groups in total. The maximum atomic E-state index is 10.8. The van der Waals surface area contributed by atoms with E-state index in [9.17, 15) is 4.79 Å². The van der Waals surface area contributed by atoms with Crippen LogP contribution in [-0.4, -0.2) is 47.4 Å². The van der Waals surface area contributed by atoms with Crippen molar-refractivity contribution in [2.24, 2.45) is 0 Å². The molecule has 0 aliphatic heterocycles. The van der Waals surface area contributed by atoms with Gasteiger partial charge in [0, 0.05) is 18.5 Å². The van der Waals surface area contributed by atoms with Crippen molar-refractivity contribution >= 4 is 29.3 Å². The molecule has 1 heterocycles. The first kappa shape index (κ1) is 13.3. The summed E-state index contributed by atoms with van der Waals surface area (Å²) in [6, 6.07) is 1.40. The summed E-state index contributed by atoms with van der Waals surface area (Å²) in [4.78, 5) is 16.9. The monoisotopic (exact) mass is 260 g/mol. The molecule has 0 saturated carbocycles. The lowest BCUT2D eigenvalue weighted by molar-refractivity contribution is 0.0696. The quantitative estimate of drug-likeness (QED) is 0.822. The topological polar surface area (TPSA) is 53.4 Å². The predicted octanol–water partition coefficient (Wildman–Crippen LogP) is 2.09. The Morgan fingerprint density at radius 1 is 1.62 bits per heavy atom. The standard InChI is InChI=1S/C10H13ClN2O2S/c1-13(2)5-6-16-9-8(11)7(10(14)15)3-4-12-9/h3-4H,5-6H2,1-2H3,(H,14,15). The highest BCUT2D eigenvalue weighted by atomic mass is 35.5. The van der Waals surface area contributed by atoms with Gasteiger partial charge in [-0.1, -0.05) is 11.6 Å². The van der Waals surface area contributed by atoms with Crippen molar-refractivity contribution in [3.63, 3.8) is 0 Å². The van der Waals surface area contributed by atoms with Crippen LogP contribution in [0.25, 0.3) is 0 Å². The summed E-state index contributed by atoms with van der Waals surface area (Å²) in [7, 11) is 3.95. The molecule has 0 aromatic carbocycles. The van der Waals surface area contributed by atoms with Gasteiger partial charge in [-0.2, -0.15) is 0 Å². The van der Waals surface area contributed by atoms with Crippen molar-refractivity contribution in [2.75, 3.05) is 26.4 Å². The molecule has 1 aromatic rings. The molecule has 1 rings (SSSR count). The maximum absolute atomic E-state index is 10.8. The van der Waals surface area contributed by atoms with Crippen LogP contribution in [0.3, 0.4) is 0 Å². The summed E-state index contributed by atoms with van der Waals surface area (Å²) in [5.41, 5.74) is 0.101. The lowest BCUT2D eigenvalue weighted by atomic mass is 10.3. The fourth-order valence-electron chi connectivity index (χ4n) is 1.02. The van der Waals surface area contributed by atoms with E-state index < -0.39 is 5.97 Å². The highest BCUT2D eigenvalue weighted by Gasteiger charge is 2.13. The molecule has 6 heteroatoms. The molecule has 1 aromatic heterocycles. The normalized spacial score (nSPS) is 10.8. The van der Waals surface area contributed by atoms with E-state index in [0.29, 0.717) is 5.03 Å². The van der Waals surface area contributed by atoms with Crippen LogP contribution in [0.2, 0.25) is 5.02 Å². The minimum absolute atomic E-state index is 0.101. The van der Waals surface area contributed by atoms with Gasteiger partial charge in [0.25, 0.3) is 0 Å². The molecule has 16 heavy (non-hydrogen) atoms. The van der Waals surface area contributed by atoms with Crippen LogP contribution in [0, 0.1) is 0 Å². The van der Waals surface area contributed by atoms with Gasteiger partial charge >= 0.3 is 5.97 Å². The molecular formula is C10H13ClN2O2S. The number of carboxylic acids is 1. The molecule has 0 aliphatic carbocycles. The highest BCUT2D eigenvalue weighted by molar-refractivity contribution is 7.99. The van der Waals surface area contributed by atoms with Gasteiger partial charge in [-0.25, -0.2) is 9.78 Å². The number of nitrogens with zero attached hydrogens (tertiary/aromatic N) is 2. The van der Waals surface area contributed by atoms with Crippen LogP contribution in [0.4, 0.5) is 0 Å². The van der Waals surface area contributed by atoms with Gasteiger partial charge in [0.15, 0.2) is 0 Å². The molecule has 0 atom stereocenters. The number of aromatic nitrogens is 1. The number of halogens is 1. The van der Waals surface area contributed by atoms with Crippen LogP contribution >= 0.6 is 23.4 Å². The molecule has 0 unspecified atom stereocenters. The Bertz CT molecular complexity index is 385. The summed E-state index contributed by atoms with van der Waals surface area (Å²) in [6.45, 7) is 0.889. The molecular weight excluding hydrogens is 248 g/mol. The fourth-order valence-corrected chi connectivity index (χ4v) is 2.39.